The van der Waals surface area contributed by atoms with Crippen molar-refractivity contribution in [2.24, 2.45) is 0 Å². The van der Waals surface area contributed by atoms with Gasteiger partial charge in [0.05, 0.1) is 6.33 Å². The van der Waals surface area contributed by atoms with E-state index < -0.39 is 0 Å². The number of hydrogen-bond donors (Lipinski definition) is 1. The van der Waals surface area contributed by atoms with Crippen LogP contribution in [0.15, 0.2) is 43.0 Å². The molecule has 0 atom stereocenters. The lowest BCUT2D eigenvalue weighted by Crippen LogP contribution is -2.37. The second kappa shape index (κ2) is 7.32. The van der Waals surface area contributed by atoms with Crippen molar-refractivity contribution in [1.82, 2.24) is 14.5 Å². The summed E-state index contributed by atoms with van der Waals surface area (Å²) >= 11 is 1.87. The minimum absolute atomic E-state index is 0.0241. The van der Waals surface area contributed by atoms with E-state index >= 15 is 0 Å². The number of carbonyl (C=O) groups is 2. The molecule has 1 aromatic carbocycles. The van der Waals surface area contributed by atoms with Gasteiger partial charge in [0.15, 0.2) is 0 Å². The number of benzene rings is 1. The number of thioether (sulfide) groups is 1. The normalized spacial score (nSPS) is 14.5. The predicted octanol–water partition coefficient (Wildman–Crippen LogP) is 1.71. The first-order valence-electron chi connectivity index (χ1n) is 7.45. The second-order valence-corrected chi connectivity index (χ2v) is 6.49. The Morgan fingerprint density at radius 2 is 2.09 bits per heavy atom. The monoisotopic (exact) mass is 330 g/mol. The highest BCUT2D eigenvalue weighted by atomic mass is 32.2. The number of nitrogens with zero attached hydrogens (tertiary/aromatic N) is 3. The molecule has 0 radical (unpaired) electrons. The molecule has 1 aromatic heterocycles. The van der Waals surface area contributed by atoms with Crippen LogP contribution in [0.25, 0.3) is 0 Å². The lowest BCUT2D eigenvalue weighted by atomic mass is 10.1. The van der Waals surface area contributed by atoms with Gasteiger partial charge in [-0.15, -0.1) is 0 Å². The van der Waals surface area contributed by atoms with Crippen molar-refractivity contribution in [3.05, 3.63) is 48.5 Å². The average molecular weight is 330 g/mol. The van der Waals surface area contributed by atoms with Gasteiger partial charge >= 0.3 is 0 Å². The van der Waals surface area contributed by atoms with Crippen LogP contribution in [0.5, 0.6) is 0 Å². The largest absolute Gasteiger partial charge is 0.337 e. The van der Waals surface area contributed by atoms with Gasteiger partial charge in [0.1, 0.15) is 6.54 Å². The van der Waals surface area contributed by atoms with Crippen LogP contribution in [0, 0.1) is 0 Å². The van der Waals surface area contributed by atoms with Crippen molar-refractivity contribution in [1.29, 1.82) is 0 Å². The van der Waals surface area contributed by atoms with E-state index in [2.05, 4.69) is 10.3 Å². The summed E-state index contributed by atoms with van der Waals surface area (Å²) in [6.07, 6.45) is 4.95. The fourth-order valence-electron chi connectivity index (χ4n) is 2.43. The van der Waals surface area contributed by atoms with Crippen LogP contribution in [0.3, 0.4) is 0 Å². The molecule has 0 aliphatic carbocycles. The number of imidazole rings is 1. The highest BCUT2D eigenvalue weighted by Crippen LogP contribution is 2.16. The molecule has 2 aromatic rings. The topological polar surface area (TPSA) is 67.2 Å². The molecule has 7 heteroatoms. The first kappa shape index (κ1) is 15.6. The molecule has 0 saturated carbocycles. The Balaban J connectivity index is 1.64. The number of aromatic nitrogens is 2. The fraction of sp³-hybridized carbons (Fsp3) is 0.312. The Kier molecular flexibility index (Phi) is 4.97. The van der Waals surface area contributed by atoms with Gasteiger partial charge in [-0.3, -0.25) is 9.59 Å². The summed E-state index contributed by atoms with van der Waals surface area (Å²) in [4.78, 5) is 30.3. The number of hydrogen-bond acceptors (Lipinski definition) is 4. The van der Waals surface area contributed by atoms with Crippen LogP contribution in [0.1, 0.15) is 10.4 Å². The third kappa shape index (κ3) is 4.13. The van der Waals surface area contributed by atoms with Gasteiger partial charge in [0, 0.05) is 48.2 Å². The van der Waals surface area contributed by atoms with Gasteiger partial charge < -0.3 is 14.8 Å². The zero-order valence-corrected chi connectivity index (χ0v) is 13.5. The fourth-order valence-corrected chi connectivity index (χ4v) is 3.33. The molecule has 23 heavy (non-hydrogen) atoms. The Bertz CT molecular complexity index is 681. The van der Waals surface area contributed by atoms with Crippen molar-refractivity contribution in [3.63, 3.8) is 0 Å². The summed E-state index contributed by atoms with van der Waals surface area (Å²) in [6, 6.07) is 7.10. The Labute approximate surface area is 138 Å². The molecule has 1 N–H and O–H groups in total. The van der Waals surface area contributed by atoms with Gasteiger partial charge in [-0.2, -0.15) is 11.8 Å². The Morgan fingerprint density at radius 1 is 1.26 bits per heavy atom. The van der Waals surface area contributed by atoms with Gasteiger partial charge in [-0.25, -0.2) is 4.98 Å². The summed E-state index contributed by atoms with van der Waals surface area (Å²) < 4.78 is 1.69. The minimum atomic E-state index is -0.151. The summed E-state index contributed by atoms with van der Waals surface area (Å²) in [7, 11) is 0. The minimum Gasteiger partial charge on any atom is -0.337 e. The summed E-state index contributed by atoms with van der Waals surface area (Å²) in [5, 5.41) is 2.82. The molecule has 1 saturated heterocycles. The molecule has 6 nitrogen and oxygen atoms in total. The number of rotatable bonds is 4. The predicted molar refractivity (Wildman–Crippen MR) is 90.5 cm³/mol. The van der Waals surface area contributed by atoms with E-state index in [9.17, 15) is 9.59 Å². The van der Waals surface area contributed by atoms with Crippen LogP contribution in [0.4, 0.5) is 5.69 Å². The van der Waals surface area contributed by atoms with Crippen LogP contribution in [0.2, 0.25) is 0 Å². The van der Waals surface area contributed by atoms with Gasteiger partial charge in [0.25, 0.3) is 5.91 Å². The second-order valence-electron chi connectivity index (χ2n) is 5.27. The Morgan fingerprint density at radius 3 is 2.83 bits per heavy atom. The van der Waals surface area contributed by atoms with E-state index in [4.69, 9.17) is 0 Å². The van der Waals surface area contributed by atoms with Crippen molar-refractivity contribution in [2.75, 3.05) is 29.9 Å². The van der Waals surface area contributed by atoms with E-state index in [0.717, 1.165) is 24.6 Å². The van der Waals surface area contributed by atoms with Gasteiger partial charge in [-0.05, 0) is 18.2 Å². The first-order valence-corrected chi connectivity index (χ1v) is 8.60. The van der Waals surface area contributed by atoms with E-state index in [1.54, 1.807) is 47.6 Å². The summed E-state index contributed by atoms with van der Waals surface area (Å²) in [5.74, 6) is 1.83. The van der Waals surface area contributed by atoms with Crippen molar-refractivity contribution >= 4 is 29.3 Å². The summed E-state index contributed by atoms with van der Waals surface area (Å²) in [6.45, 7) is 1.75. The molecular formula is C16H18N4O2S. The van der Waals surface area contributed by atoms with Crippen molar-refractivity contribution in [2.45, 2.75) is 6.54 Å². The van der Waals surface area contributed by atoms with Crippen molar-refractivity contribution in [3.8, 4) is 0 Å². The lowest BCUT2D eigenvalue weighted by Gasteiger charge is -2.26. The van der Waals surface area contributed by atoms with Gasteiger partial charge in [-0.1, -0.05) is 6.07 Å². The highest BCUT2D eigenvalue weighted by Gasteiger charge is 2.18. The molecule has 1 aliphatic rings. The zero-order chi connectivity index (χ0) is 16.1. The van der Waals surface area contributed by atoms with Crippen LogP contribution < -0.4 is 5.32 Å². The van der Waals surface area contributed by atoms with E-state index in [1.165, 1.54) is 0 Å². The number of amides is 2. The Hall–Kier alpha value is -2.28. The molecule has 2 heterocycles. The average Bonchev–Trinajstić information content (AvgIpc) is 3.08. The molecule has 3 rings (SSSR count). The quantitative estimate of drug-likeness (QED) is 0.927. The SMILES string of the molecule is O=C(Cn1ccnc1)Nc1cccc(C(=O)N2CCSCC2)c1. The number of carbonyl (C=O) groups excluding carboxylic acids is 2. The molecule has 2 amide bonds. The van der Waals surface area contributed by atoms with Crippen molar-refractivity contribution < 1.29 is 9.59 Å². The maximum atomic E-state index is 12.5. The maximum absolute atomic E-state index is 12.5. The molecule has 1 fully saturated rings. The maximum Gasteiger partial charge on any atom is 0.253 e. The number of nitrogens with one attached hydrogen (secondary N) is 1. The zero-order valence-electron chi connectivity index (χ0n) is 12.6. The third-order valence-corrected chi connectivity index (χ3v) is 4.52. The van der Waals surface area contributed by atoms with Crippen LogP contribution >= 0.6 is 11.8 Å². The summed E-state index contributed by atoms with van der Waals surface area (Å²) in [5.41, 5.74) is 1.24. The molecule has 0 bridgehead atoms. The third-order valence-electron chi connectivity index (χ3n) is 3.58. The van der Waals surface area contributed by atoms with Crippen LogP contribution in [-0.4, -0.2) is 50.9 Å². The molecular weight excluding hydrogens is 312 g/mol. The molecule has 0 spiro atoms. The van der Waals surface area contributed by atoms with E-state index in [1.807, 2.05) is 16.7 Å². The van der Waals surface area contributed by atoms with E-state index in [-0.39, 0.29) is 18.4 Å². The van der Waals surface area contributed by atoms with Gasteiger partial charge in [0.2, 0.25) is 5.91 Å². The van der Waals surface area contributed by atoms with Crippen LogP contribution in [-0.2, 0) is 11.3 Å². The lowest BCUT2D eigenvalue weighted by molar-refractivity contribution is -0.116. The first-order chi connectivity index (χ1) is 11.2. The smallest absolute Gasteiger partial charge is 0.253 e. The van der Waals surface area contributed by atoms with E-state index in [0.29, 0.717) is 11.3 Å². The highest BCUT2D eigenvalue weighted by molar-refractivity contribution is 7.99. The molecule has 1 aliphatic heterocycles. The standard InChI is InChI=1S/C16H18N4O2S/c21-15(11-19-5-4-17-12-19)18-14-3-1-2-13(10-14)16(22)20-6-8-23-9-7-20/h1-5,10,12H,6-9,11H2,(H,18,21). The molecule has 120 valence electrons. The molecule has 0 unspecified atom stereocenters. The number of anilines is 1.